The van der Waals surface area contributed by atoms with Gasteiger partial charge in [0, 0.05) is 0 Å². The molecule has 0 aromatic heterocycles. The van der Waals surface area contributed by atoms with Crippen molar-refractivity contribution in [2.24, 2.45) is 5.73 Å². The van der Waals surface area contributed by atoms with Gasteiger partial charge in [0.25, 0.3) is 0 Å². The van der Waals surface area contributed by atoms with E-state index in [0.29, 0.717) is 0 Å². The van der Waals surface area contributed by atoms with Crippen molar-refractivity contribution < 1.29 is 13.6 Å². The molecule has 0 aliphatic rings. The van der Waals surface area contributed by atoms with Crippen LogP contribution < -0.4 is 11.1 Å². The van der Waals surface area contributed by atoms with E-state index in [2.05, 4.69) is 5.32 Å². The molecule has 90 valence electrons. The Morgan fingerprint density at radius 1 is 1.38 bits per heavy atom. The van der Waals surface area contributed by atoms with Gasteiger partial charge in [0.1, 0.15) is 0 Å². The molecule has 0 aliphatic heterocycles. The number of hydrogen-bond donors (Lipinski definition) is 2. The number of carbonyl (C=O) groups is 1. The highest BCUT2D eigenvalue weighted by Gasteiger charge is 2.23. The Kier molecular flexibility index (Phi) is 4.83. The monoisotopic (exact) mass is 250 g/mol. The van der Waals surface area contributed by atoms with E-state index in [9.17, 15) is 13.6 Å². The number of nitrogens with two attached hydrogens (primary N) is 1. The molecule has 3 nitrogen and oxygen atoms in total. The molecule has 0 radical (unpaired) electrons. The van der Waals surface area contributed by atoms with Gasteiger partial charge < -0.3 is 11.1 Å². The predicted octanol–water partition coefficient (Wildman–Crippen LogP) is 2.06. The summed E-state index contributed by atoms with van der Waals surface area (Å²) in [6, 6.07) is 3.54. The summed E-state index contributed by atoms with van der Waals surface area (Å²) in [7, 11) is 0. The van der Waals surface area contributed by atoms with E-state index in [4.69, 9.17) is 5.73 Å². The number of hydrogen-bond acceptors (Lipinski definition) is 2. The first-order valence-electron chi connectivity index (χ1n) is 4.36. The van der Waals surface area contributed by atoms with Crippen LogP contribution in [0.15, 0.2) is 18.2 Å². The number of rotatable bonds is 2. The molecular weight excluding hydrogens is 238 g/mol. The summed E-state index contributed by atoms with van der Waals surface area (Å²) in [4.78, 5) is 11.4. The summed E-state index contributed by atoms with van der Waals surface area (Å²) in [5, 5.41) is 2.21. The van der Waals surface area contributed by atoms with Gasteiger partial charge in [0.15, 0.2) is 11.6 Å². The van der Waals surface area contributed by atoms with Gasteiger partial charge in [0.2, 0.25) is 5.91 Å². The average molecular weight is 251 g/mol. The molecule has 0 saturated heterocycles. The summed E-state index contributed by atoms with van der Waals surface area (Å²) >= 11 is 0. The van der Waals surface area contributed by atoms with Crippen molar-refractivity contribution in [3.05, 3.63) is 29.8 Å². The van der Waals surface area contributed by atoms with E-state index in [1.165, 1.54) is 26.0 Å². The zero-order chi connectivity index (χ0) is 11.6. The summed E-state index contributed by atoms with van der Waals surface area (Å²) in [5.41, 5.74) is 4.14. The first-order valence-corrected chi connectivity index (χ1v) is 4.36. The van der Waals surface area contributed by atoms with Gasteiger partial charge in [-0.05, 0) is 26.0 Å². The fraction of sp³-hybridized carbons (Fsp3) is 0.300. The minimum absolute atomic E-state index is 0. The van der Waals surface area contributed by atoms with Crippen LogP contribution in [0.1, 0.15) is 13.8 Å². The third kappa shape index (κ3) is 3.43. The third-order valence-electron chi connectivity index (χ3n) is 1.79. The first kappa shape index (κ1) is 14.8. The van der Waals surface area contributed by atoms with E-state index in [0.717, 1.165) is 6.07 Å². The highest BCUT2D eigenvalue weighted by molar-refractivity contribution is 5.97. The van der Waals surface area contributed by atoms with Gasteiger partial charge in [0.05, 0.1) is 11.2 Å². The van der Waals surface area contributed by atoms with Crippen LogP contribution in [0.3, 0.4) is 0 Å². The smallest absolute Gasteiger partial charge is 0.243 e. The van der Waals surface area contributed by atoms with Gasteiger partial charge in [-0.3, -0.25) is 4.79 Å². The van der Waals surface area contributed by atoms with Crippen LogP contribution in [0, 0.1) is 11.6 Å². The Bertz CT molecular complexity index is 391. The average Bonchev–Trinajstić information content (AvgIpc) is 2.11. The van der Waals surface area contributed by atoms with Crippen molar-refractivity contribution in [1.82, 2.24) is 0 Å². The van der Waals surface area contributed by atoms with Crippen molar-refractivity contribution in [3.8, 4) is 0 Å². The van der Waals surface area contributed by atoms with Crippen molar-refractivity contribution in [1.29, 1.82) is 0 Å². The van der Waals surface area contributed by atoms with E-state index >= 15 is 0 Å². The normalized spacial score (nSPS) is 10.6. The molecular formula is C10H13ClF2N2O. The molecule has 6 heteroatoms. The third-order valence-corrected chi connectivity index (χ3v) is 1.79. The first-order chi connectivity index (χ1) is 6.82. The summed E-state index contributed by atoms with van der Waals surface area (Å²) < 4.78 is 25.9. The fourth-order valence-electron chi connectivity index (χ4n) is 0.884. The van der Waals surface area contributed by atoms with E-state index in [1.54, 1.807) is 0 Å². The Morgan fingerprint density at radius 3 is 2.44 bits per heavy atom. The number of anilines is 1. The number of carbonyl (C=O) groups excluding carboxylic acids is 1. The molecule has 3 N–H and O–H groups in total. The van der Waals surface area contributed by atoms with Crippen LogP contribution in [0.2, 0.25) is 0 Å². The van der Waals surface area contributed by atoms with E-state index in [-0.39, 0.29) is 18.1 Å². The van der Waals surface area contributed by atoms with Crippen molar-refractivity contribution >= 4 is 24.0 Å². The zero-order valence-electron chi connectivity index (χ0n) is 8.88. The summed E-state index contributed by atoms with van der Waals surface area (Å²) in [6.45, 7) is 2.94. The van der Waals surface area contributed by atoms with Gasteiger partial charge in [-0.1, -0.05) is 6.07 Å². The van der Waals surface area contributed by atoms with Crippen molar-refractivity contribution in [2.75, 3.05) is 5.32 Å². The molecule has 1 aromatic carbocycles. The lowest BCUT2D eigenvalue weighted by Crippen LogP contribution is -2.45. The molecule has 0 fully saturated rings. The Labute approximate surface area is 98.4 Å². The molecule has 0 aliphatic carbocycles. The van der Waals surface area contributed by atoms with Gasteiger partial charge in [-0.15, -0.1) is 12.4 Å². The summed E-state index contributed by atoms with van der Waals surface area (Å²) in [5.74, 6) is -2.68. The van der Waals surface area contributed by atoms with Gasteiger partial charge in [-0.2, -0.15) is 0 Å². The fourth-order valence-corrected chi connectivity index (χ4v) is 0.884. The summed E-state index contributed by atoms with van der Waals surface area (Å²) in [6.07, 6.45) is 0. The van der Waals surface area contributed by atoms with Crippen molar-refractivity contribution in [2.45, 2.75) is 19.4 Å². The number of benzene rings is 1. The lowest BCUT2D eigenvalue weighted by Gasteiger charge is -2.17. The minimum Gasteiger partial charge on any atom is -0.322 e. The standard InChI is InChI=1S/C10H12F2N2O.ClH/c1-10(2,13)9(15)14-7-5-3-4-6(11)8(7)12;/h3-5H,13H2,1-2H3,(H,14,15);1H. The maximum Gasteiger partial charge on any atom is 0.243 e. The number of amides is 1. The Hall–Kier alpha value is -1.20. The molecule has 16 heavy (non-hydrogen) atoms. The van der Waals surface area contributed by atoms with E-state index < -0.39 is 23.1 Å². The van der Waals surface area contributed by atoms with Crippen LogP contribution in [0.25, 0.3) is 0 Å². The van der Waals surface area contributed by atoms with Crippen LogP contribution in [-0.4, -0.2) is 11.4 Å². The second-order valence-corrected chi connectivity index (χ2v) is 3.78. The minimum atomic E-state index is -1.14. The number of halogens is 3. The molecule has 0 spiro atoms. The van der Waals surface area contributed by atoms with Gasteiger partial charge >= 0.3 is 0 Å². The van der Waals surface area contributed by atoms with Crippen LogP contribution in [0.5, 0.6) is 0 Å². The molecule has 1 rings (SSSR count). The molecule has 0 heterocycles. The quantitative estimate of drug-likeness (QED) is 0.844. The number of nitrogens with one attached hydrogen (secondary N) is 1. The maximum absolute atomic E-state index is 13.1. The van der Waals surface area contributed by atoms with Gasteiger partial charge in [-0.25, -0.2) is 8.78 Å². The van der Waals surface area contributed by atoms with Crippen LogP contribution in [-0.2, 0) is 4.79 Å². The highest BCUT2D eigenvalue weighted by atomic mass is 35.5. The van der Waals surface area contributed by atoms with Crippen LogP contribution in [0.4, 0.5) is 14.5 Å². The molecule has 0 atom stereocenters. The molecule has 0 saturated carbocycles. The molecule has 0 bridgehead atoms. The highest BCUT2D eigenvalue weighted by Crippen LogP contribution is 2.17. The zero-order valence-corrected chi connectivity index (χ0v) is 9.70. The van der Waals surface area contributed by atoms with Crippen molar-refractivity contribution in [3.63, 3.8) is 0 Å². The second kappa shape index (κ2) is 5.23. The maximum atomic E-state index is 13.1. The lowest BCUT2D eigenvalue weighted by atomic mass is 10.1. The largest absolute Gasteiger partial charge is 0.322 e. The van der Waals surface area contributed by atoms with E-state index in [1.807, 2.05) is 0 Å². The Balaban J connectivity index is 0.00000225. The molecule has 1 amide bonds. The Morgan fingerprint density at radius 2 is 1.94 bits per heavy atom. The lowest BCUT2D eigenvalue weighted by molar-refractivity contribution is -0.120. The molecule has 1 aromatic rings. The van der Waals surface area contributed by atoms with Crippen LogP contribution >= 0.6 is 12.4 Å². The molecule has 0 unspecified atom stereocenters. The predicted molar refractivity (Wildman–Crippen MR) is 60.5 cm³/mol. The topological polar surface area (TPSA) is 55.1 Å². The second-order valence-electron chi connectivity index (χ2n) is 3.78. The SMILES string of the molecule is CC(C)(N)C(=O)Nc1cccc(F)c1F.Cl.